The summed E-state index contributed by atoms with van der Waals surface area (Å²) < 4.78 is 33.7. The van der Waals surface area contributed by atoms with Gasteiger partial charge >= 0.3 is 0 Å². The molecule has 34 heavy (non-hydrogen) atoms. The number of rotatable bonds is 6. The van der Waals surface area contributed by atoms with Crippen molar-refractivity contribution in [1.82, 2.24) is 15.2 Å². The first-order valence-corrected chi connectivity index (χ1v) is 11.0. The van der Waals surface area contributed by atoms with Crippen LogP contribution >= 0.6 is 0 Å². The number of benzene rings is 2. The monoisotopic (exact) mass is 467 g/mol. The van der Waals surface area contributed by atoms with Gasteiger partial charge in [-0.1, -0.05) is 6.07 Å². The highest BCUT2D eigenvalue weighted by Crippen LogP contribution is 2.31. The summed E-state index contributed by atoms with van der Waals surface area (Å²) in [7, 11) is 0. The van der Waals surface area contributed by atoms with E-state index in [1.54, 1.807) is 24.3 Å². The van der Waals surface area contributed by atoms with E-state index in [4.69, 9.17) is 10.2 Å². The molecule has 10 heteroatoms. The number of aromatic nitrogens is 1. The molecule has 0 spiro atoms. The molecular weight excluding hydrogens is 444 g/mol. The number of piperidine rings is 3. The Morgan fingerprint density at radius 1 is 1.06 bits per heavy atom. The van der Waals surface area contributed by atoms with Crippen molar-refractivity contribution >= 4 is 23.4 Å². The van der Waals surface area contributed by atoms with Gasteiger partial charge in [-0.15, -0.1) is 0 Å². The van der Waals surface area contributed by atoms with Crippen LogP contribution in [0.4, 0.5) is 20.4 Å². The SMILES string of the molecule is NC(=O)c1nc(-c2c(F)cccc2F)oc1Nc1ccc(C(=O)NC2CN3CCC2CC3)cc1. The van der Waals surface area contributed by atoms with Crippen LogP contribution in [-0.4, -0.2) is 47.4 Å². The van der Waals surface area contributed by atoms with Gasteiger partial charge in [-0.25, -0.2) is 13.8 Å². The normalized spacial score (nSPS) is 21.3. The molecule has 4 heterocycles. The summed E-state index contributed by atoms with van der Waals surface area (Å²) in [5.41, 5.74) is 5.52. The number of fused-ring (bicyclic) bond motifs is 3. The smallest absolute Gasteiger partial charge is 0.273 e. The minimum absolute atomic E-state index is 0.150. The van der Waals surface area contributed by atoms with E-state index in [0.717, 1.165) is 44.6 Å². The number of amides is 2. The number of nitrogens with two attached hydrogens (primary N) is 1. The standard InChI is InChI=1S/C24H23F2N5O3/c25-16-2-1-3-17(26)19(16)23-30-20(21(27)32)24(34-23)28-15-6-4-14(5-7-15)22(33)29-18-12-31-10-8-13(18)9-11-31/h1-7,13,18,28H,8-12H2,(H2,27,32)(H,29,33). The molecule has 8 nitrogen and oxygen atoms in total. The molecule has 3 aliphatic heterocycles. The molecule has 1 atom stereocenters. The van der Waals surface area contributed by atoms with Crippen LogP contribution in [-0.2, 0) is 0 Å². The minimum Gasteiger partial charge on any atom is -0.419 e. The zero-order chi connectivity index (χ0) is 23.8. The van der Waals surface area contributed by atoms with Crippen LogP contribution in [0.3, 0.4) is 0 Å². The third-order valence-corrected chi connectivity index (χ3v) is 6.41. The fourth-order valence-electron chi connectivity index (χ4n) is 4.60. The molecular formula is C24H23F2N5O3. The number of oxazole rings is 1. The van der Waals surface area contributed by atoms with Crippen molar-refractivity contribution in [2.75, 3.05) is 25.0 Å². The summed E-state index contributed by atoms with van der Waals surface area (Å²) in [5.74, 6) is -2.91. The van der Waals surface area contributed by atoms with Crippen molar-refractivity contribution in [2.45, 2.75) is 18.9 Å². The molecule has 2 bridgehead atoms. The number of hydrogen-bond acceptors (Lipinski definition) is 6. The molecule has 2 amide bonds. The highest BCUT2D eigenvalue weighted by Gasteiger charge is 2.35. The van der Waals surface area contributed by atoms with Gasteiger partial charge in [0.1, 0.15) is 17.2 Å². The summed E-state index contributed by atoms with van der Waals surface area (Å²) >= 11 is 0. The third-order valence-electron chi connectivity index (χ3n) is 6.41. The third kappa shape index (κ3) is 4.24. The molecule has 3 aliphatic rings. The first kappa shape index (κ1) is 22.0. The average Bonchev–Trinajstić information content (AvgIpc) is 3.24. The zero-order valence-corrected chi connectivity index (χ0v) is 18.2. The van der Waals surface area contributed by atoms with Crippen LogP contribution in [0.5, 0.6) is 0 Å². The quantitative estimate of drug-likeness (QED) is 0.513. The lowest BCUT2D eigenvalue weighted by Crippen LogP contribution is -2.57. The van der Waals surface area contributed by atoms with E-state index in [0.29, 0.717) is 17.2 Å². The lowest BCUT2D eigenvalue weighted by Gasteiger charge is -2.44. The molecule has 176 valence electrons. The molecule has 0 saturated carbocycles. The maximum Gasteiger partial charge on any atom is 0.273 e. The Labute approximate surface area is 194 Å². The summed E-state index contributed by atoms with van der Waals surface area (Å²) in [6.45, 7) is 3.07. The van der Waals surface area contributed by atoms with Gasteiger partial charge in [0.05, 0.1) is 0 Å². The van der Waals surface area contributed by atoms with E-state index >= 15 is 0 Å². The van der Waals surface area contributed by atoms with Gasteiger partial charge in [0.25, 0.3) is 11.8 Å². The van der Waals surface area contributed by atoms with Crippen LogP contribution in [0.2, 0.25) is 0 Å². The van der Waals surface area contributed by atoms with Crippen LogP contribution < -0.4 is 16.4 Å². The van der Waals surface area contributed by atoms with Gasteiger partial charge in [-0.3, -0.25) is 9.59 Å². The molecule has 3 aromatic rings. The van der Waals surface area contributed by atoms with Crippen molar-refractivity contribution in [2.24, 2.45) is 11.7 Å². The Balaban J connectivity index is 1.32. The Bertz CT molecular complexity index is 1220. The van der Waals surface area contributed by atoms with Crippen LogP contribution in [0, 0.1) is 17.6 Å². The number of carbonyl (C=O) groups is 2. The first-order chi connectivity index (χ1) is 16.4. The Hall–Kier alpha value is -3.79. The van der Waals surface area contributed by atoms with Crippen molar-refractivity contribution in [1.29, 1.82) is 0 Å². The molecule has 1 unspecified atom stereocenters. The Morgan fingerprint density at radius 2 is 1.74 bits per heavy atom. The lowest BCUT2D eigenvalue weighted by atomic mass is 9.84. The summed E-state index contributed by atoms with van der Waals surface area (Å²) in [4.78, 5) is 30.8. The zero-order valence-electron chi connectivity index (χ0n) is 18.2. The van der Waals surface area contributed by atoms with Gasteiger partial charge in [-0.05, 0) is 68.2 Å². The first-order valence-electron chi connectivity index (χ1n) is 11.0. The number of nitrogens with zero attached hydrogens (tertiary/aromatic N) is 2. The number of hydrogen-bond donors (Lipinski definition) is 3. The van der Waals surface area contributed by atoms with E-state index in [9.17, 15) is 18.4 Å². The molecule has 1 aromatic heterocycles. The molecule has 3 saturated heterocycles. The number of halogens is 2. The van der Waals surface area contributed by atoms with Gasteiger partial charge in [0.2, 0.25) is 11.8 Å². The minimum atomic E-state index is -0.928. The summed E-state index contributed by atoms with van der Waals surface area (Å²) in [6.07, 6.45) is 2.21. The fraction of sp³-hybridized carbons (Fsp3) is 0.292. The number of primary amides is 1. The van der Waals surface area contributed by atoms with E-state index in [-0.39, 0.29) is 23.5 Å². The highest BCUT2D eigenvalue weighted by atomic mass is 19.1. The van der Waals surface area contributed by atoms with Crippen molar-refractivity contribution < 1.29 is 22.8 Å². The van der Waals surface area contributed by atoms with Gasteiger partial charge in [0, 0.05) is 23.8 Å². The molecule has 2 aromatic carbocycles. The number of anilines is 2. The van der Waals surface area contributed by atoms with Crippen molar-refractivity contribution in [3.8, 4) is 11.5 Å². The van der Waals surface area contributed by atoms with E-state index in [1.165, 1.54) is 6.07 Å². The maximum atomic E-state index is 14.1. The molecule has 0 aliphatic carbocycles. The average molecular weight is 467 g/mol. The van der Waals surface area contributed by atoms with Gasteiger partial charge in [0.15, 0.2) is 5.69 Å². The second-order valence-electron chi connectivity index (χ2n) is 8.58. The molecule has 0 radical (unpaired) electrons. The summed E-state index contributed by atoms with van der Waals surface area (Å²) in [5, 5.41) is 5.97. The Kier molecular flexibility index (Phi) is 5.74. The molecule has 6 rings (SSSR count). The van der Waals surface area contributed by atoms with Crippen LogP contribution in [0.15, 0.2) is 46.9 Å². The van der Waals surface area contributed by atoms with Crippen LogP contribution in [0.1, 0.15) is 33.7 Å². The molecule has 4 N–H and O–H groups in total. The largest absolute Gasteiger partial charge is 0.419 e. The topological polar surface area (TPSA) is 113 Å². The van der Waals surface area contributed by atoms with Gasteiger partial charge in [-0.2, -0.15) is 0 Å². The van der Waals surface area contributed by atoms with E-state index < -0.39 is 29.0 Å². The second kappa shape index (κ2) is 8.86. The predicted octanol–water partition coefficient (Wildman–Crippen LogP) is 3.29. The Morgan fingerprint density at radius 3 is 2.32 bits per heavy atom. The molecule has 3 fully saturated rings. The van der Waals surface area contributed by atoms with Gasteiger partial charge < -0.3 is 25.7 Å². The number of carbonyl (C=O) groups excluding carboxylic acids is 2. The second-order valence-corrected chi connectivity index (χ2v) is 8.58. The van der Waals surface area contributed by atoms with Crippen LogP contribution in [0.25, 0.3) is 11.5 Å². The predicted molar refractivity (Wildman–Crippen MR) is 121 cm³/mol. The van der Waals surface area contributed by atoms with E-state index in [1.807, 2.05) is 0 Å². The van der Waals surface area contributed by atoms with E-state index in [2.05, 4.69) is 20.5 Å². The van der Waals surface area contributed by atoms with Crippen molar-refractivity contribution in [3.05, 3.63) is 65.4 Å². The maximum absolute atomic E-state index is 14.1. The fourth-order valence-corrected chi connectivity index (χ4v) is 4.60. The highest BCUT2D eigenvalue weighted by molar-refractivity contribution is 5.97. The summed E-state index contributed by atoms with van der Waals surface area (Å²) in [6, 6.07) is 9.99. The number of nitrogens with one attached hydrogen (secondary N) is 2. The lowest BCUT2D eigenvalue weighted by molar-refractivity contribution is 0.0620. The van der Waals surface area contributed by atoms with Crippen molar-refractivity contribution in [3.63, 3.8) is 0 Å².